The molecule has 0 radical (unpaired) electrons. The van der Waals surface area contributed by atoms with E-state index in [1.165, 1.54) is 37.8 Å². The molecule has 0 aliphatic heterocycles. The maximum absolute atomic E-state index is 13.4. The van der Waals surface area contributed by atoms with Crippen LogP contribution in [0.4, 0.5) is 4.39 Å². The molecule has 2 aliphatic rings. The Hall–Kier alpha value is -1.56. The third-order valence-corrected chi connectivity index (χ3v) is 4.41. The number of hydrogen-bond donors (Lipinski definition) is 0. The van der Waals surface area contributed by atoms with E-state index in [2.05, 4.69) is 0 Å². The third-order valence-electron chi connectivity index (χ3n) is 4.41. The molecule has 1 aromatic rings. The van der Waals surface area contributed by atoms with Crippen LogP contribution in [0.2, 0.25) is 0 Å². The van der Waals surface area contributed by atoms with Crippen molar-refractivity contribution in [3.63, 3.8) is 0 Å². The van der Waals surface area contributed by atoms with E-state index in [9.17, 15) is 4.39 Å². The fourth-order valence-electron chi connectivity index (χ4n) is 3.46. The lowest BCUT2D eigenvalue weighted by molar-refractivity contribution is 0.194. The lowest BCUT2D eigenvalue weighted by Gasteiger charge is -2.21. The molecule has 2 nitrogen and oxygen atoms in total. The predicted octanol–water partition coefficient (Wildman–Crippen LogP) is 3.51. The molecule has 0 heterocycles. The van der Waals surface area contributed by atoms with Crippen molar-refractivity contribution in [3.05, 3.63) is 29.6 Å². The van der Waals surface area contributed by atoms with E-state index in [1.54, 1.807) is 6.07 Å². The number of nitrogens with zero attached hydrogens (tertiary/aromatic N) is 1. The molecule has 2 fully saturated rings. The Balaban J connectivity index is 1.60. The molecular weight excluding hydrogens is 229 g/mol. The van der Waals surface area contributed by atoms with Gasteiger partial charge < -0.3 is 4.74 Å². The molecule has 2 bridgehead atoms. The van der Waals surface area contributed by atoms with Crippen molar-refractivity contribution in [2.75, 3.05) is 6.61 Å². The van der Waals surface area contributed by atoms with Crippen LogP contribution in [0.1, 0.15) is 31.2 Å². The smallest absolute Gasteiger partial charge is 0.144 e. The number of hydrogen-bond acceptors (Lipinski definition) is 2. The number of rotatable bonds is 3. The molecule has 0 N–H and O–H groups in total. The summed E-state index contributed by atoms with van der Waals surface area (Å²) in [5.41, 5.74) is 0.0715. The van der Waals surface area contributed by atoms with E-state index < -0.39 is 5.82 Å². The van der Waals surface area contributed by atoms with Gasteiger partial charge in [-0.3, -0.25) is 0 Å². The molecule has 3 unspecified atom stereocenters. The van der Waals surface area contributed by atoms with E-state index in [1.807, 2.05) is 6.07 Å². The van der Waals surface area contributed by atoms with Gasteiger partial charge in [-0.15, -0.1) is 0 Å². The maximum Gasteiger partial charge on any atom is 0.144 e. The molecule has 1 aromatic carbocycles. The van der Waals surface area contributed by atoms with Crippen molar-refractivity contribution >= 4 is 0 Å². The molecule has 18 heavy (non-hydrogen) atoms. The molecule has 3 rings (SSSR count). The van der Waals surface area contributed by atoms with Gasteiger partial charge in [0.25, 0.3) is 0 Å². The topological polar surface area (TPSA) is 33.0 Å². The minimum Gasteiger partial charge on any atom is -0.493 e. The van der Waals surface area contributed by atoms with Gasteiger partial charge in [-0.1, -0.05) is 6.42 Å². The average molecular weight is 245 g/mol. The normalized spacial score (nSPS) is 29.2. The first kappa shape index (κ1) is 11.5. The highest BCUT2D eigenvalue weighted by Gasteiger charge is 2.39. The number of nitriles is 1. The minimum absolute atomic E-state index is 0.0715. The van der Waals surface area contributed by atoms with Gasteiger partial charge in [0.1, 0.15) is 17.6 Å². The zero-order chi connectivity index (χ0) is 12.5. The van der Waals surface area contributed by atoms with Crippen LogP contribution in [-0.2, 0) is 0 Å². The van der Waals surface area contributed by atoms with Crippen LogP contribution in [0.3, 0.4) is 0 Å². The van der Waals surface area contributed by atoms with Crippen molar-refractivity contribution in [1.82, 2.24) is 0 Å². The second kappa shape index (κ2) is 4.61. The Kier molecular flexibility index (Phi) is 2.95. The molecule has 3 atom stereocenters. The summed E-state index contributed by atoms with van der Waals surface area (Å²) in [7, 11) is 0. The van der Waals surface area contributed by atoms with Gasteiger partial charge in [-0.2, -0.15) is 5.26 Å². The largest absolute Gasteiger partial charge is 0.493 e. The summed E-state index contributed by atoms with van der Waals surface area (Å²) in [5.74, 6) is 2.40. The van der Waals surface area contributed by atoms with Crippen molar-refractivity contribution in [2.45, 2.75) is 25.7 Å². The lowest BCUT2D eigenvalue weighted by atomic mass is 9.89. The predicted molar refractivity (Wildman–Crippen MR) is 65.5 cm³/mol. The summed E-state index contributed by atoms with van der Waals surface area (Å²) in [6.07, 6.45) is 5.34. The number of halogens is 1. The summed E-state index contributed by atoms with van der Waals surface area (Å²) in [5, 5.41) is 8.65. The van der Waals surface area contributed by atoms with E-state index in [0.717, 1.165) is 11.8 Å². The van der Waals surface area contributed by atoms with Crippen LogP contribution in [-0.4, -0.2) is 6.61 Å². The highest BCUT2D eigenvalue weighted by molar-refractivity contribution is 5.36. The Morgan fingerprint density at radius 2 is 2.22 bits per heavy atom. The summed E-state index contributed by atoms with van der Waals surface area (Å²) in [6, 6.07) is 6.28. The summed E-state index contributed by atoms with van der Waals surface area (Å²) in [6.45, 7) is 0.687. The van der Waals surface area contributed by atoms with Gasteiger partial charge in [-0.05, 0) is 49.1 Å². The fourth-order valence-corrected chi connectivity index (χ4v) is 3.46. The number of benzene rings is 1. The third kappa shape index (κ3) is 2.08. The van der Waals surface area contributed by atoms with Crippen molar-refractivity contribution in [2.24, 2.45) is 17.8 Å². The number of fused-ring (bicyclic) bond motifs is 2. The summed E-state index contributed by atoms with van der Waals surface area (Å²) < 4.78 is 19.1. The van der Waals surface area contributed by atoms with Gasteiger partial charge in [-0.25, -0.2) is 4.39 Å². The van der Waals surface area contributed by atoms with Gasteiger partial charge in [0, 0.05) is 6.07 Å². The Morgan fingerprint density at radius 3 is 2.83 bits per heavy atom. The minimum atomic E-state index is -0.497. The fraction of sp³-hybridized carbons (Fsp3) is 0.533. The van der Waals surface area contributed by atoms with Gasteiger partial charge in [0.2, 0.25) is 0 Å². The highest BCUT2D eigenvalue weighted by atomic mass is 19.1. The summed E-state index contributed by atoms with van der Waals surface area (Å²) in [4.78, 5) is 0. The zero-order valence-electron chi connectivity index (χ0n) is 10.2. The van der Waals surface area contributed by atoms with Crippen LogP contribution in [0.5, 0.6) is 5.75 Å². The molecule has 2 saturated carbocycles. The van der Waals surface area contributed by atoms with Crippen LogP contribution in [0, 0.1) is 34.9 Å². The monoisotopic (exact) mass is 245 g/mol. The van der Waals surface area contributed by atoms with Gasteiger partial charge in [0.05, 0.1) is 12.2 Å². The highest BCUT2D eigenvalue weighted by Crippen LogP contribution is 2.48. The second-order valence-electron chi connectivity index (χ2n) is 5.50. The Labute approximate surface area is 106 Å². The zero-order valence-corrected chi connectivity index (χ0v) is 10.2. The van der Waals surface area contributed by atoms with Crippen LogP contribution >= 0.6 is 0 Å². The van der Waals surface area contributed by atoms with Crippen molar-refractivity contribution in [1.29, 1.82) is 5.26 Å². The lowest BCUT2D eigenvalue weighted by Crippen LogP contribution is -2.18. The number of ether oxygens (including phenoxy) is 1. The molecular formula is C15H16FNO. The van der Waals surface area contributed by atoms with Crippen molar-refractivity contribution < 1.29 is 9.13 Å². The van der Waals surface area contributed by atoms with Crippen LogP contribution in [0.15, 0.2) is 18.2 Å². The molecule has 0 amide bonds. The molecule has 0 spiro atoms. The average Bonchev–Trinajstić information content (AvgIpc) is 2.98. The van der Waals surface area contributed by atoms with Gasteiger partial charge >= 0.3 is 0 Å². The van der Waals surface area contributed by atoms with E-state index in [4.69, 9.17) is 10.00 Å². The molecule has 0 saturated heterocycles. The second-order valence-corrected chi connectivity index (χ2v) is 5.50. The first-order valence-electron chi connectivity index (χ1n) is 6.58. The maximum atomic E-state index is 13.4. The molecule has 2 aliphatic carbocycles. The first-order chi connectivity index (χ1) is 8.76. The molecule has 3 heteroatoms. The molecule has 94 valence electrons. The van der Waals surface area contributed by atoms with Crippen molar-refractivity contribution in [3.8, 4) is 11.8 Å². The van der Waals surface area contributed by atoms with E-state index >= 15 is 0 Å². The standard InChI is InChI=1S/C15H16FNO/c16-15-7-14(4-3-12(15)8-17)18-9-13-6-10-1-2-11(13)5-10/h3-4,7,10-11,13H,1-2,5-6,9H2. The van der Waals surface area contributed by atoms with E-state index in [0.29, 0.717) is 18.3 Å². The van der Waals surface area contributed by atoms with Crippen LogP contribution in [0.25, 0.3) is 0 Å². The molecule has 0 aromatic heterocycles. The Morgan fingerprint density at radius 1 is 1.33 bits per heavy atom. The first-order valence-corrected chi connectivity index (χ1v) is 6.58. The van der Waals surface area contributed by atoms with Gasteiger partial charge in [0.15, 0.2) is 0 Å². The van der Waals surface area contributed by atoms with Crippen LogP contribution < -0.4 is 4.74 Å². The quantitative estimate of drug-likeness (QED) is 0.816. The van der Waals surface area contributed by atoms with E-state index in [-0.39, 0.29) is 5.56 Å². The summed E-state index contributed by atoms with van der Waals surface area (Å²) >= 11 is 0. The SMILES string of the molecule is N#Cc1ccc(OCC2CC3CCC2C3)cc1F. The Bertz CT molecular complexity index is 494.